The largest absolute Gasteiger partial charge is 0.507 e. The van der Waals surface area contributed by atoms with Gasteiger partial charge in [0.05, 0.1) is 4.47 Å². The Kier molecular flexibility index (Phi) is 2.23. The zero-order valence-corrected chi connectivity index (χ0v) is 10.6. The van der Waals surface area contributed by atoms with Crippen LogP contribution in [-0.4, -0.2) is 28.6 Å². The van der Waals surface area contributed by atoms with Gasteiger partial charge in [-0.2, -0.15) is 0 Å². The molecular formula is C12H13BrN2O. The monoisotopic (exact) mass is 280 g/mol. The number of nitrogens with zero attached hydrogens (tertiary/aromatic N) is 1. The Hall–Kier alpha value is -1.00. The number of hydrogen-bond donors (Lipinski definition) is 2. The lowest BCUT2D eigenvalue weighted by Crippen LogP contribution is -2.26. The molecule has 0 unspecified atom stereocenters. The predicted molar refractivity (Wildman–Crippen MR) is 67.7 cm³/mol. The average molecular weight is 281 g/mol. The first-order valence-corrected chi connectivity index (χ1v) is 6.15. The Morgan fingerprint density at radius 3 is 3.06 bits per heavy atom. The fraction of sp³-hybridized carbons (Fsp3) is 0.333. The van der Waals surface area contributed by atoms with Crippen molar-refractivity contribution in [3.63, 3.8) is 0 Å². The highest BCUT2D eigenvalue weighted by Gasteiger charge is 2.18. The van der Waals surface area contributed by atoms with Gasteiger partial charge in [-0.1, -0.05) is 0 Å². The van der Waals surface area contributed by atoms with Crippen molar-refractivity contribution < 1.29 is 5.11 Å². The number of rotatable bonds is 0. The Morgan fingerprint density at radius 1 is 1.44 bits per heavy atom. The quantitative estimate of drug-likeness (QED) is 0.779. The third-order valence-corrected chi connectivity index (χ3v) is 3.87. The first-order chi connectivity index (χ1) is 7.65. The molecule has 0 atom stereocenters. The number of nitrogens with one attached hydrogen (secondary N) is 1. The predicted octanol–water partition coefficient (Wildman–Crippen LogP) is 2.62. The van der Waals surface area contributed by atoms with Crippen LogP contribution >= 0.6 is 15.9 Å². The van der Waals surface area contributed by atoms with E-state index in [-0.39, 0.29) is 0 Å². The van der Waals surface area contributed by atoms with E-state index in [9.17, 15) is 5.11 Å². The smallest absolute Gasteiger partial charge is 0.130 e. The zero-order valence-electron chi connectivity index (χ0n) is 9.05. The maximum Gasteiger partial charge on any atom is 0.130 e. The van der Waals surface area contributed by atoms with Gasteiger partial charge in [0.2, 0.25) is 0 Å². The van der Waals surface area contributed by atoms with Crippen molar-refractivity contribution in [2.45, 2.75) is 13.0 Å². The fourth-order valence-electron chi connectivity index (χ4n) is 2.39. The number of phenolic OH excluding ortho intramolecular Hbond substituents is 1. The van der Waals surface area contributed by atoms with Crippen LogP contribution in [0, 0.1) is 0 Å². The summed E-state index contributed by atoms with van der Waals surface area (Å²) in [6.07, 6.45) is 1.05. The number of likely N-dealkylation sites (N-methyl/N-ethyl adjacent to an activating group) is 1. The fourth-order valence-corrected chi connectivity index (χ4v) is 2.73. The Balaban J connectivity index is 2.25. The molecule has 0 aliphatic carbocycles. The van der Waals surface area contributed by atoms with Crippen molar-refractivity contribution in [2.24, 2.45) is 0 Å². The average Bonchev–Trinajstić information content (AvgIpc) is 2.55. The molecule has 0 saturated heterocycles. The van der Waals surface area contributed by atoms with Gasteiger partial charge in [-0.05, 0) is 47.1 Å². The number of benzene rings is 1. The van der Waals surface area contributed by atoms with Crippen LogP contribution in [-0.2, 0) is 13.0 Å². The molecule has 1 aromatic carbocycles. The van der Waals surface area contributed by atoms with Crippen LogP contribution < -0.4 is 0 Å². The van der Waals surface area contributed by atoms with Gasteiger partial charge in [-0.3, -0.25) is 0 Å². The number of aromatic amines is 1. The third-order valence-electron chi connectivity index (χ3n) is 3.23. The number of aromatic nitrogens is 1. The molecule has 2 N–H and O–H groups in total. The van der Waals surface area contributed by atoms with Gasteiger partial charge in [0.1, 0.15) is 5.75 Å². The van der Waals surface area contributed by atoms with Crippen LogP contribution in [0.25, 0.3) is 10.9 Å². The zero-order chi connectivity index (χ0) is 11.3. The first-order valence-electron chi connectivity index (χ1n) is 5.35. The minimum atomic E-state index is 0.313. The second-order valence-corrected chi connectivity index (χ2v) is 5.27. The lowest BCUT2D eigenvalue weighted by Gasteiger charge is -2.22. The molecule has 1 aliphatic heterocycles. The summed E-state index contributed by atoms with van der Waals surface area (Å²) in [4.78, 5) is 5.73. The number of halogens is 1. The van der Waals surface area contributed by atoms with Gasteiger partial charge in [0, 0.05) is 29.7 Å². The second kappa shape index (κ2) is 3.50. The maximum atomic E-state index is 9.72. The lowest BCUT2D eigenvalue weighted by atomic mass is 10.0. The van der Waals surface area contributed by atoms with Crippen LogP contribution in [0.1, 0.15) is 11.3 Å². The second-order valence-electron chi connectivity index (χ2n) is 4.42. The van der Waals surface area contributed by atoms with Gasteiger partial charge in [-0.25, -0.2) is 0 Å². The number of H-pyrrole nitrogens is 1. The van der Waals surface area contributed by atoms with Crippen molar-refractivity contribution in [1.82, 2.24) is 9.88 Å². The molecule has 2 heterocycles. The molecule has 0 fully saturated rings. The van der Waals surface area contributed by atoms with Crippen LogP contribution in [0.3, 0.4) is 0 Å². The van der Waals surface area contributed by atoms with E-state index >= 15 is 0 Å². The summed E-state index contributed by atoms with van der Waals surface area (Å²) in [6.45, 7) is 2.04. The Labute approximate surface area is 102 Å². The molecule has 1 aliphatic rings. The van der Waals surface area contributed by atoms with Crippen molar-refractivity contribution in [1.29, 1.82) is 0 Å². The van der Waals surface area contributed by atoms with Crippen molar-refractivity contribution >= 4 is 26.8 Å². The van der Waals surface area contributed by atoms with Crippen molar-refractivity contribution in [3.05, 3.63) is 27.9 Å². The molecule has 0 radical (unpaired) electrons. The summed E-state index contributed by atoms with van der Waals surface area (Å²) in [5.41, 5.74) is 3.74. The first kappa shape index (κ1) is 10.2. The van der Waals surface area contributed by atoms with E-state index in [1.165, 1.54) is 11.3 Å². The summed E-state index contributed by atoms with van der Waals surface area (Å²) >= 11 is 3.34. The molecule has 84 valence electrons. The van der Waals surface area contributed by atoms with Gasteiger partial charge in [0.15, 0.2) is 0 Å². The molecule has 0 amide bonds. The van der Waals surface area contributed by atoms with E-state index < -0.39 is 0 Å². The van der Waals surface area contributed by atoms with E-state index in [2.05, 4.69) is 32.9 Å². The molecule has 1 aromatic heterocycles. The standard InChI is InChI=1S/C12H13BrN2O/c1-15-3-2-7-8-4-12(16)9(13)5-10(8)14-11(7)6-15/h4-5,14,16H,2-3,6H2,1H3. The van der Waals surface area contributed by atoms with E-state index in [1.54, 1.807) is 0 Å². The highest BCUT2D eigenvalue weighted by Crippen LogP contribution is 2.34. The van der Waals surface area contributed by atoms with Crippen molar-refractivity contribution in [2.75, 3.05) is 13.6 Å². The third kappa shape index (κ3) is 1.44. The molecule has 4 heteroatoms. The molecule has 3 rings (SSSR count). The molecule has 0 spiro atoms. The number of phenols is 1. The topological polar surface area (TPSA) is 39.3 Å². The normalized spacial score (nSPS) is 16.6. The van der Waals surface area contributed by atoms with E-state index in [0.717, 1.165) is 34.9 Å². The number of aromatic hydroxyl groups is 1. The summed E-state index contributed by atoms with van der Waals surface area (Å²) in [7, 11) is 2.13. The minimum absolute atomic E-state index is 0.313. The van der Waals surface area contributed by atoms with Gasteiger partial charge >= 0.3 is 0 Å². The molecule has 3 nitrogen and oxygen atoms in total. The SMILES string of the molecule is CN1CCc2c([nH]c3cc(Br)c(O)cc23)C1. The Morgan fingerprint density at radius 2 is 2.25 bits per heavy atom. The van der Waals surface area contributed by atoms with Crippen LogP contribution in [0.2, 0.25) is 0 Å². The molecule has 2 aromatic rings. The van der Waals surface area contributed by atoms with Gasteiger partial charge < -0.3 is 15.0 Å². The highest BCUT2D eigenvalue weighted by atomic mass is 79.9. The molecule has 16 heavy (non-hydrogen) atoms. The summed E-state index contributed by atoms with van der Waals surface area (Å²) in [6, 6.07) is 3.79. The van der Waals surface area contributed by atoms with Gasteiger partial charge in [0.25, 0.3) is 0 Å². The van der Waals surface area contributed by atoms with Crippen LogP contribution in [0.5, 0.6) is 5.75 Å². The lowest BCUT2D eigenvalue weighted by molar-refractivity contribution is 0.310. The van der Waals surface area contributed by atoms with E-state index in [1.807, 2.05) is 12.1 Å². The van der Waals surface area contributed by atoms with Crippen molar-refractivity contribution in [3.8, 4) is 5.75 Å². The number of hydrogen-bond acceptors (Lipinski definition) is 2. The minimum Gasteiger partial charge on any atom is -0.507 e. The van der Waals surface area contributed by atoms with Gasteiger partial charge in [-0.15, -0.1) is 0 Å². The highest BCUT2D eigenvalue weighted by molar-refractivity contribution is 9.10. The molecular weight excluding hydrogens is 268 g/mol. The van der Waals surface area contributed by atoms with E-state index in [0.29, 0.717) is 5.75 Å². The maximum absolute atomic E-state index is 9.72. The van der Waals surface area contributed by atoms with Crippen LogP contribution in [0.4, 0.5) is 0 Å². The number of fused-ring (bicyclic) bond motifs is 3. The summed E-state index contributed by atoms with van der Waals surface area (Å²) in [5, 5.41) is 10.9. The van der Waals surface area contributed by atoms with E-state index in [4.69, 9.17) is 0 Å². The summed E-state index contributed by atoms with van der Waals surface area (Å²) in [5.74, 6) is 0.313. The Bertz CT molecular complexity index is 562. The summed E-state index contributed by atoms with van der Waals surface area (Å²) < 4.78 is 0.743. The molecule has 0 saturated carbocycles. The van der Waals surface area contributed by atoms with Crippen LogP contribution in [0.15, 0.2) is 16.6 Å². The molecule has 0 bridgehead atoms.